The molecule has 0 unspecified atom stereocenters. The molecule has 0 saturated carbocycles. The largest absolute Gasteiger partial charge is 0.353 e. The summed E-state index contributed by atoms with van der Waals surface area (Å²) in [6.45, 7) is 8.39. The Morgan fingerprint density at radius 2 is 1.81 bits per heavy atom. The minimum absolute atomic E-state index is 0.159. The number of fused-ring (bicyclic) bond motifs is 1. The molecule has 2 aromatic rings. The van der Waals surface area contributed by atoms with Crippen LogP contribution in [0.2, 0.25) is 0 Å². The lowest BCUT2D eigenvalue weighted by Gasteiger charge is -2.24. The van der Waals surface area contributed by atoms with Gasteiger partial charge in [-0.1, -0.05) is 54.6 Å². The standard InChI is InChI=1S/C22H24N2O2S/c1-15-8-10-18(11-9-15)14-27-13-12-23-21(25)17(3)24-16(2)19-6-4-5-7-20(19)22(24)26/h4-11,17H,2,12-14H2,1,3H3,(H,23,25)/t17-/m0/s1. The van der Waals surface area contributed by atoms with Gasteiger partial charge in [-0.05, 0) is 25.5 Å². The highest BCUT2D eigenvalue weighted by atomic mass is 32.2. The average Bonchev–Trinajstić information content (AvgIpc) is 2.93. The number of benzene rings is 2. The van der Waals surface area contributed by atoms with Crippen LogP contribution in [0, 0.1) is 6.92 Å². The van der Waals surface area contributed by atoms with Gasteiger partial charge in [0.05, 0.1) is 0 Å². The molecule has 1 aliphatic rings. The van der Waals surface area contributed by atoms with Gasteiger partial charge in [-0.25, -0.2) is 0 Å². The van der Waals surface area contributed by atoms with Gasteiger partial charge in [-0.3, -0.25) is 14.5 Å². The van der Waals surface area contributed by atoms with Crippen molar-refractivity contribution < 1.29 is 9.59 Å². The molecule has 1 atom stereocenters. The van der Waals surface area contributed by atoms with Crippen molar-refractivity contribution in [3.8, 4) is 0 Å². The summed E-state index contributed by atoms with van der Waals surface area (Å²) in [6.07, 6.45) is 0. The molecule has 0 spiro atoms. The molecule has 27 heavy (non-hydrogen) atoms. The first-order chi connectivity index (χ1) is 13.0. The summed E-state index contributed by atoms with van der Waals surface area (Å²) in [4.78, 5) is 26.6. The van der Waals surface area contributed by atoms with E-state index in [1.165, 1.54) is 16.0 Å². The number of nitrogens with one attached hydrogen (secondary N) is 1. The Morgan fingerprint density at radius 1 is 1.15 bits per heavy atom. The van der Waals surface area contributed by atoms with Crippen molar-refractivity contribution in [2.75, 3.05) is 12.3 Å². The lowest BCUT2D eigenvalue weighted by atomic mass is 10.1. The molecule has 0 radical (unpaired) electrons. The molecular weight excluding hydrogens is 356 g/mol. The first-order valence-electron chi connectivity index (χ1n) is 9.02. The van der Waals surface area contributed by atoms with Crippen LogP contribution < -0.4 is 5.32 Å². The summed E-state index contributed by atoms with van der Waals surface area (Å²) in [5.41, 5.74) is 4.53. The lowest BCUT2D eigenvalue weighted by molar-refractivity contribution is -0.124. The van der Waals surface area contributed by atoms with Crippen LogP contribution in [0.15, 0.2) is 55.1 Å². The number of carbonyl (C=O) groups excluding carboxylic acids is 2. The summed E-state index contributed by atoms with van der Waals surface area (Å²) in [5.74, 6) is 1.42. The summed E-state index contributed by atoms with van der Waals surface area (Å²) < 4.78 is 0. The molecular formula is C22H24N2O2S. The van der Waals surface area contributed by atoms with Gasteiger partial charge in [-0.2, -0.15) is 11.8 Å². The van der Waals surface area contributed by atoms with Crippen LogP contribution in [0.4, 0.5) is 0 Å². The van der Waals surface area contributed by atoms with E-state index in [1.807, 2.05) is 18.2 Å². The van der Waals surface area contributed by atoms with E-state index in [0.29, 0.717) is 17.8 Å². The van der Waals surface area contributed by atoms with E-state index < -0.39 is 6.04 Å². The zero-order valence-electron chi connectivity index (χ0n) is 15.7. The van der Waals surface area contributed by atoms with Crippen LogP contribution >= 0.6 is 11.8 Å². The number of aryl methyl sites for hydroxylation is 1. The van der Waals surface area contributed by atoms with Gasteiger partial charge >= 0.3 is 0 Å². The van der Waals surface area contributed by atoms with Crippen molar-refractivity contribution in [2.24, 2.45) is 0 Å². The molecule has 5 heteroatoms. The van der Waals surface area contributed by atoms with Gasteiger partial charge in [0.1, 0.15) is 6.04 Å². The molecule has 0 fully saturated rings. The summed E-state index contributed by atoms with van der Waals surface area (Å²) in [6, 6.07) is 15.2. The minimum Gasteiger partial charge on any atom is -0.353 e. The zero-order valence-corrected chi connectivity index (χ0v) is 16.5. The van der Waals surface area contributed by atoms with Crippen molar-refractivity contribution in [1.29, 1.82) is 0 Å². The van der Waals surface area contributed by atoms with Crippen LogP contribution in [0.25, 0.3) is 5.70 Å². The maximum absolute atomic E-state index is 12.6. The number of hydrogen-bond donors (Lipinski definition) is 1. The topological polar surface area (TPSA) is 49.4 Å². The molecule has 1 aliphatic heterocycles. The van der Waals surface area contributed by atoms with Crippen LogP contribution in [0.1, 0.15) is 34.0 Å². The molecule has 0 saturated heterocycles. The highest BCUT2D eigenvalue weighted by Crippen LogP contribution is 2.32. The van der Waals surface area contributed by atoms with E-state index in [1.54, 1.807) is 24.8 Å². The minimum atomic E-state index is -0.584. The predicted molar refractivity (Wildman–Crippen MR) is 111 cm³/mol. The van der Waals surface area contributed by atoms with Gasteiger partial charge < -0.3 is 5.32 Å². The summed E-state index contributed by atoms with van der Waals surface area (Å²) >= 11 is 1.78. The Hall–Kier alpha value is -2.53. The van der Waals surface area contributed by atoms with Crippen LogP contribution in [-0.4, -0.2) is 35.1 Å². The van der Waals surface area contributed by atoms with E-state index in [2.05, 4.69) is 43.1 Å². The van der Waals surface area contributed by atoms with Crippen molar-refractivity contribution in [2.45, 2.75) is 25.6 Å². The first-order valence-corrected chi connectivity index (χ1v) is 10.2. The second-order valence-electron chi connectivity index (χ2n) is 6.67. The zero-order chi connectivity index (χ0) is 19.4. The van der Waals surface area contributed by atoms with E-state index in [4.69, 9.17) is 0 Å². The Balaban J connectivity index is 1.46. The SMILES string of the molecule is C=C1c2ccccc2C(=O)N1[C@@H](C)C(=O)NCCSCc1ccc(C)cc1. The second-order valence-corrected chi connectivity index (χ2v) is 7.78. The first kappa shape index (κ1) is 19.2. The molecule has 140 valence electrons. The number of rotatable bonds is 7. The number of hydrogen-bond acceptors (Lipinski definition) is 3. The summed E-state index contributed by atoms with van der Waals surface area (Å²) in [7, 11) is 0. The fourth-order valence-corrected chi connectivity index (χ4v) is 3.92. The molecule has 0 aliphatic carbocycles. The van der Waals surface area contributed by atoms with Crippen LogP contribution in [-0.2, 0) is 10.5 Å². The molecule has 1 heterocycles. The van der Waals surface area contributed by atoms with Crippen molar-refractivity contribution in [3.63, 3.8) is 0 Å². The van der Waals surface area contributed by atoms with Gasteiger partial charge in [0.25, 0.3) is 5.91 Å². The normalized spacial score (nSPS) is 14.2. The maximum Gasteiger partial charge on any atom is 0.259 e. The molecule has 0 aromatic heterocycles. The lowest BCUT2D eigenvalue weighted by Crippen LogP contribution is -2.45. The van der Waals surface area contributed by atoms with E-state index >= 15 is 0 Å². The van der Waals surface area contributed by atoms with E-state index in [-0.39, 0.29) is 11.8 Å². The number of amides is 2. The Morgan fingerprint density at radius 3 is 2.48 bits per heavy atom. The van der Waals surface area contributed by atoms with Gasteiger partial charge in [0, 0.05) is 34.9 Å². The monoisotopic (exact) mass is 380 g/mol. The van der Waals surface area contributed by atoms with Crippen LogP contribution in [0.5, 0.6) is 0 Å². The molecule has 1 N–H and O–H groups in total. The highest BCUT2D eigenvalue weighted by molar-refractivity contribution is 7.98. The maximum atomic E-state index is 12.6. The smallest absolute Gasteiger partial charge is 0.259 e. The average molecular weight is 381 g/mol. The third-order valence-electron chi connectivity index (χ3n) is 4.68. The molecule has 4 nitrogen and oxygen atoms in total. The Labute approximate surface area is 164 Å². The number of nitrogens with zero attached hydrogens (tertiary/aromatic N) is 1. The third kappa shape index (κ3) is 4.25. The van der Waals surface area contributed by atoms with Gasteiger partial charge in [-0.15, -0.1) is 0 Å². The number of carbonyl (C=O) groups is 2. The van der Waals surface area contributed by atoms with Crippen LogP contribution in [0.3, 0.4) is 0 Å². The quantitative estimate of drug-likeness (QED) is 0.742. The van der Waals surface area contributed by atoms with Crippen molar-refractivity contribution in [1.82, 2.24) is 10.2 Å². The predicted octanol–water partition coefficient (Wildman–Crippen LogP) is 3.86. The fourth-order valence-electron chi connectivity index (χ4n) is 3.10. The molecule has 2 amide bonds. The number of thioether (sulfide) groups is 1. The molecule has 2 aromatic carbocycles. The van der Waals surface area contributed by atoms with Crippen molar-refractivity contribution >= 4 is 29.3 Å². The van der Waals surface area contributed by atoms with Crippen molar-refractivity contribution in [3.05, 3.63) is 77.4 Å². The molecule has 3 rings (SSSR count). The second kappa shape index (κ2) is 8.44. The fraction of sp³-hybridized carbons (Fsp3) is 0.273. The van der Waals surface area contributed by atoms with Gasteiger partial charge in [0.15, 0.2) is 0 Å². The Kier molecular flexibility index (Phi) is 6.01. The van der Waals surface area contributed by atoms with E-state index in [9.17, 15) is 9.59 Å². The van der Waals surface area contributed by atoms with E-state index in [0.717, 1.165) is 17.1 Å². The third-order valence-corrected chi connectivity index (χ3v) is 5.71. The van der Waals surface area contributed by atoms with Gasteiger partial charge in [0.2, 0.25) is 5.91 Å². The highest BCUT2D eigenvalue weighted by Gasteiger charge is 2.36. The molecule has 0 bridgehead atoms. The summed E-state index contributed by atoms with van der Waals surface area (Å²) in [5, 5.41) is 2.93. The Bertz CT molecular complexity index is 826.